The van der Waals surface area contributed by atoms with E-state index in [1.807, 2.05) is 13.8 Å². The van der Waals surface area contributed by atoms with E-state index in [4.69, 9.17) is 23.2 Å². The summed E-state index contributed by atoms with van der Waals surface area (Å²) in [5, 5.41) is 7.68. The molecule has 100 valence electrons. The molecular formula is C8H16N8O2. The van der Waals surface area contributed by atoms with Crippen LogP contribution in [-0.2, 0) is 0 Å². The molecule has 0 fully saturated rings. The molecule has 9 N–H and O–H groups in total. The molecule has 1 aromatic rings. The molecule has 0 radical (unpaired) electrons. The van der Waals surface area contributed by atoms with Gasteiger partial charge in [-0.1, -0.05) is 13.8 Å². The molecule has 10 nitrogen and oxygen atoms in total. The zero-order valence-electron chi connectivity index (χ0n) is 10.0. The Morgan fingerprint density at radius 3 is 2.06 bits per heavy atom. The molecule has 0 unspecified atom stereocenters. The van der Waals surface area contributed by atoms with Gasteiger partial charge in [0.05, 0.1) is 5.69 Å². The molecule has 0 aliphatic carbocycles. The van der Waals surface area contributed by atoms with Crippen LogP contribution in [0.1, 0.15) is 25.5 Å². The number of amides is 4. The van der Waals surface area contributed by atoms with E-state index in [-0.39, 0.29) is 17.4 Å². The van der Waals surface area contributed by atoms with Crippen LogP contribution in [0.25, 0.3) is 0 Å². The lowest BCUT2D eigenvalue weighted by atomic mass is 10.1. The number of hydrogen-bond acceptors (Lipinski definition) is 5. The molecule has 0 aromatic carbocycles. The quantitative estimate of drug-likeness (QED) is 0.266. The Bertz CT molecular complexity index is 468. The molecule has 0 bridgehead atoms. The number of hydrazine groups is 2. The van der Waals surface area contributed by atoms with Crippen LogP contribution in [0.15, 0.2) is 0 Å². The van der Waals surface area contributed by atoms with Crippen LogP contribution in [-0.4, -0.2) is 22.3 Å². The van der Waals surface area contributed by atoms with Crippen LogP contribution < -0.4 is 33.2 Å². The second-order valence-corrected chi connectivity index (χ2v) is 3.88. The van der Waals surface area contributed by atoms with Crippen molar-refractivity contribution >= 4 is 23.6 Å². The zero-order chi connectivity index (χ0) is 14.0. The Morgan fingerprint density at radius 2 is 1.67 bits per heavy atom. The van der Waals surface area contributed by atoms with Crippen LogP contribution in [0.2, 0.25) is 0 Å². The van der Waals surface area contributed by atoms with Gasteiger partial charge in [0.2, 0.25) is 0 Å². The minimum Gasteiger partial charge on any atom is -0.350 e. The molecule has 1 rings (SSSR count). The molecule has 0 spiro atoms. The van der Waals surface area contributed by atoms with E-state index in [2.05, 4.69) is 10.2 Å². The molecule has 4 amide bonds. The van der Waals surface area contributed by atoms with Crippen molar-refractivity contribution in [2.75, 3.05) is 10.0 Å². The van der Waals surface area contributed by atoms with Crippen molar-refractivity contribution in [1.29, 1.82) is 0 Å². The van der Waals surface area contributed by atoms with Gasteiger partial charge in [0.25, 0.3) is 0 Å². The van der Waals surface area contributed by atoms with Gasteiger partial charge in [-0.25, -0.2) is 31.3 Å². The fraction of sp³-hybridized carbons (Fsp3) is 0.375. The highest BCUT2D eigenvalue weighted by Crippen LogP contribution is 2.32. The van der Waals surface area contributed by atoms with Crippen LogP contribution in [0.4, 0.5) is 21.1 Å². The fourth-order valence-corrected chi connectivity index (χ4v) is 1.37. The minimum absolute atomic E-state index is 0.00694. The number of carbonyl (C=O) groups excluding carboxylic acids is 2. The third-order valence-electron chi connectivity index (χ3n) is 2.25. The van der Waals surface area contributed by atoms with Gasteiger partial charge in [0.15, 0.2) is 5.82 Å². The van der Waals surface area contributed by atoms with Crippen molar-refractivity contribution in [2.45, 2.75) is 19.8 Å². The lowest BCUT2D eigenvalue weighted by Crippen LogP contribution is -2.46. The number of urea groups is 2. The fourth-order valence-electron chi connectivity index (χ4n) is 1.37. The van der Waals surface area contributed by atoms with Gasteiger partial charge in [0.1, 0.15) is 5.69 Å². The third kappa shape index (κ3) is 2.33. The highest BCUT2D eigenvalue weighted by Gasteiger charge is 2.26. The van der Waals surface area contributed by atoms with Crippen molar-refractivity contribution in [2.24, 2.45) is 23.2 Å². The number of anilines is 2. The number of nitrogens with one attached hydrogen (secondary N) is 1. The van der Waals surface area contributed by atoms with Crippen LogP contribution >= 0.6 is 0 Å². The normalized spacial score (nSPS) is 10.5. The monoisotopic (exact) mass is 256 g/mol. The first-order valence-corrected chi connectivity index (χ1v) is 5.04. The van der Waals surface area contributed by atoms with E-state index in [0.717, 1.165) is 0 Å². The van der Waals surface area contributed by atoms with Gasteiger partial charge in [0, 0.05) is 0 Å². The number of rotatable bonds is 3. The number of nitrogens with two attached hydrogens (primary N) is 4. The van der Waals surface area contributed by atoms with Gasteiger partial charge >= 0.3 is 12.1 Å². The number of H-pyrrole nitrogens is 1. The van der Waals surface area contributed by atoms with Gasteiger partial charge in [-0.05, 0) is 5.92 Å². The lowest BCUT2D eigenvalue weighted by molar-refractivity contribution is 0.252. The molecule has 0 saturated heterocycles. The van der Waals surface area contributed by atoms with Crippen LogP contribution in [0, 0.1) is 0 Å². The number of nitrogens with zero attached hydrogens (tertiary/aromatic N) is 3. The first-order chi connectivity index (χ1) is 8.27. The van der Waals surface area contributed by atoms with Crippen LogP contribution in [0.3, 0.4) is 0 Å². The number of hydrogen-bond donors (Lipinski definition) is 5. The van der Waals surface area contributed by atoms with Crippen molar-refractivity contribution in [3.05, 3.63) is 5.69 Å². The van der Waals surface area contributed by atoms with Gasteiger partial charge in [-0.2, -0.15) is 5.10 Å². The number of aromatic amines is 1. The topological polar surface area (TPSA) is 173 Å². The molecule has 0 saturated carbocycles. The third-order valence-corrected chi connectivity index (χ3v) is 2.25. The number of primary amides is 2. The second kappa shape index (κ2) is 4.89. The summed E-state index contributed by atoms with van der Waals surface area (Å²) in [6, 6.07) is -1.86. The summed E-state index contributed by atoms with van der Waals surface area (Å²) in [7, 11) is 0. The first kappa shape index (κ1) is 13.7. The SMILES string of the molecule is CC(C)c1n[nH]c(N(N)C(N)=O)c1N(N)C(N)=O. The lowest BCUT2D eigenvalue weighted by Gasteiger charge is -2.19. The highest BCUT2D eigenvalue weighted by atomic mass is 16.2. The predicted octanol–water partition coefficient (Wildman–Crippen LogP) is -0.949. The molecule has 1 aromatic heterocycles. The maximum atomic E-state index is 11.1. The predicted molar refractivity (Wildman–Crippen MR) is 65.2 cm³/mol. The van der Waals surface area contributed by atoms with Crippen molar-refractivity contribution in [3.8, 4) is 0 Å². The molecule has 0 aliphatic rings. The Balaban J connectivity index is 3.36. The molecule has 10 heteroatoms. The Labute approximate surface area is 103 Å². The van der Waals surface area contributed by atoms with E-state index < -0.39 is 12.1 Å². The largest absolute Gasteiger partial charge is 0.350 e. The Hall–Kier alpha value is -2.33. The summed E-state index contributed by atoms with van der Waals surface area (Å²) in [6.07, 6.45) is 0. The summed E-state index contributed by atoms with van der Waals surface area (Å²) in [5.41, 5.74) is 10.7. The van der Waals surface area contributed by atoms with Crippen molar-refractivity contribution in [1.82, 2.24) is 10.2 Å². The average Bonchev–Trinajstić information content (AvgIpc) is 2.70. The van der Waals surface area contributed by atoms with Crippen molar-refractivity contribution < 1.29 is 9.59 Å². The zero-order valence-corrected chi connectivity index (χ0v) is 10.0. The summed E-state index contributed by atoms with van der Waals surface area (Å²) in [6.45, 7) is 3.65. The summed E-state index contributed by atoms with van der Waals surface area (Å²) in [4.78, 5) is 22.1. The first-order valence-electron chi connectivity index (χ1n) is 5.04. The smallest absolute Gasteiger partial charge is 0.335 e. The van der Waals surface area contributed by atoms with E-state index in [9.17, 15) is 9.59 Å². The highest BCUT2D eigenvalue weighted by molar-refractivity contribution is 5.98. The minimum atomic E-state index is -0.937. The Morgan fingerprint density at radius 1 is 1.17 bits per heavy atom. The number of carbonyl (C=O) groups is 2. The van der Waals surface area contributed by atoms with Crippen molar-refractivity contribution in [3.63, 3.8) is 0 Å². The molecule has 1 heterocycles. The standard InChI is InChI=1S/C8H16N8O2/c1-3(2)4-5(15(11)7(9)17)6(14-13-4)16(12)8(10)18/h3H,11-12H2,1-2H3,(H2,9,17)(H2,10,18)(H,13,14). The van der Waals surface area contributed by atoms with Gasteiger partial charge in [-0.3, -0.25) is 5.10 Å². The maximum Gasteiger partial charge on any atom is 0.335 e. The maximum absolute atomic E-state index is 11.1. The number of aromatic nitrogens is 2. The van der Waals surface area contributed by atoms with Gasteiger partial charge < -0.3 is 11.5 Å². The summed E-state index contributed by atoms with van der Waals surface area (Å²) in [5.74, 6) is 10.9. The van der Waals surface area contributed by atoms with E-state index in [1.54, 1.807) is 0 Å². The molecular weight excluding hydrogens is 240 g/mol. The second-order valence-electron chi connectivity index (χ2n) is 3.88. The van der Waals surface area contributed by atoms with E-state index in [1.165, 1.54) is 0 Å². The summed E-state index contributed by atoms with van der Waals surface area (Å²) >= 11 is 0. The average molecular weight is 256 g/mol. The van der Waals surface area contributed by atoms with Crippen LogP contribution in [0.5, 0.6) is 0 Å². The van der Waals surface area contributed by atoms with E-state index in [0.29, 0.717) is 15.7 Å². The summed E-state index contributed by atoms with van der Waals surface area (Å²) < 4.78 is 0. The molecule has 0 atom stereocenters. The molecule has 18 heavy (non-hydrogen) atoms. The van der Waals surface area contributed by atoms with Gasteiger partial charge in [-0.15, -0.1) is 0 Å². The Kier molecular flexibility index (Phi) is 3.73. The van der Waals surface area contributed by atoms with E-state index >= 15 is 0 Å². The molecule has 0 aliphatic heterocycles.